The molecule has 0 saturated heterocycles. The molecule has 20 heavy (non-hydrogen) atoms. The van der Waals surface area contributed by atoms with Crippen LogP contribution in [0.25, 0.3) is 0 Å². The summed E-state index contributed by atoms with van der Waals surface area (Å²) in [5.74, 6) is -0.388. The maximum Gasteiger partial charge on any atom is 0.262 e. The quantitative estimate of drug-likeness (QED) is 0.920. The lowest BCUT2D eigenvalue weighted by molar-refractivity contribution is -0.118. The summed E-state index contributed by atoms with van der Waals surface area (Å²) in [5.41, 5.74) is 0.337. The highest BCUT2D eigenvalue weighted by Gasteiger charge is 2.10. The predicted molar refractivity (Wildman–Crippen MR) is 77.0 cm³/mol. The Morgan fingerprint density at radius 1 is 1.10 bits per heavy atom. The van der Waals surface area contributed by atoms with Crippen molar-refractivity contribution < 1.29 is 13.9 Å². The lowest BCUT2D eigenvalue weighted by Gasteiger charge is -2.10. The number of amides is 1. The monoisotopic (exact) mass is 313 g/mol. The van der Waals surface area contributed by atoms with Gasteiger partial charge in [0.1, 0.15) is 11.6 Å². The van der Waals surface area contributed by atoms with E-state index in [1.165, 1.54) is 24.3 Å². The summed E-state index contributed by atoms with van der Waals surface area (Å²) in [5, 5.41) is 3.24. The summed E-state index contributed by atoms with van der Waals surface area (Å²) < 4.78 is 17.9. The van der Waals surface area contributed by atoms with E-state index in [-0.39, 0.29) is 12.4 Å². The van der Waals surface area contributed by atoms with Gasteiger partial charge in [-0.3, -0.25) is 4.79 Å². The molecule has 0 heterocycles. The number of hydrogen-bond acceptors (Lipinski definition) is 2. The topological polar surface area (TPSA) is 38.3 Å². The van der Waals surface area contributed by atoms with E-state index in [2.05, 4.69) is 5.32 Å². The molecule has 3 nitrogen and oxygen atoms in total. The minimum absolute atomic E-state index is 0.229. The molecule has 0 bridgehead atoms. The summed E-state index contributed by atoms with van der Waals surface area (Å²) in [6.45, 7) is -0.229. The van der Waals surface area contributed by atoms with Gasteiger partial charge in [0.2, 0.25) is 0 Å². The van der Waals surface area contributed by atoms with Crippen molar-refractivity contribution in [2.45, 2.75) is 0 Å². The first-order valence-corrected chi connectivity index (χ1v) is 6.44. The summed E-state index contributed by atoms with van der Waals surface area (Å²) in [6, 6.07) is 10.3. The van der Waals surface area contributed by atoms with Gasteiger partial charge in [0.15, 0.2) is 6.61 Å². The average molecular weight is 314 g/mol. The number of carbonyl (C=O) groups is 1. The van der Waals surface area contributed by atoms with Crippen molar-refractivity contribution >= 4 is 34.8 Å². The number of nitrogens with one attached hydrogen (secondary N) is 1. The highest BCUT2D eigenvalue weighted by atomic mass is 35.5. The minimum Gasteiger partial charge on any atom is -0.484 e. The molecular formula is C14H10Cl2FNO2. The van der Waals surface area contributed by atoms with Crippen LogP contribution in [0, 0.1) is 5.82 Å². The van der Waals surface area contributed by atoms with Crippen molar-refractivity contribution in [3.05, 3.63) is 58.3 Å². The van der Waals surface area contributed by atoms with Crippen molar-refractivity contribution in [3.8, 4) is 5.75 Å². The van der Waals surface area contributed by atoms with Crippen molar-refractivity contribution in [2.75, 3.05) is 11.9 Å². The van der Waals surface area contributed by atoms with Crippen LogP contribution in [-0.2, 0) is 4.79 Å². The molecule has 0 aromatic heterocycles. The molecule has 0 aliphatic heterocycles. The Morgan fingerprint density at radius 2 is 1.70 bits per heavy atom. The second-order valence-corrected chi connectivity index (χ2v) is 4.70. The summed E-state index contributed by atoms with van der Waals surface area (Å²) >= 11 is 11.9. The Labute approximate surface area is 125 Å². The van der Waals surface area contributed by atoms with E-state index in [1.54, 1.807) is 18.2 Å². The van der Waals surface area contributed by atoms with Crippen LogP contribution in [0.3, 0.4) is 0 Å². The van der Waals surface area contributed by atoms with Gasteiger partial charge in [-0.15, -0.1) is 0 Å². The van der Waals surface area contributed by atoms with E-state index in [1.807, 2.05) is 0 Å². The Morgan fingerprint density at radius 3 is 2.30 bits per heavy atom. The molecule has 0 spiro atoms. The number of rotatable bonds is 4. The van der Waals surface area contributed by atoms with E-state index in [0.29, 0.717) is 21.5 Å². The molecule has 2 aromatic rings. The molecule has 0 saturated carbocycles. The second kappa shape index (κ2) is 6.59. The molecular weight excluding hydrogens is 304 g/mol. The largest absolute Gasteiger partial charge is 0.484 e. The third kappa shape index (κ3) is 3.85. The molecule has 0 fully saturated rings. The van der Waals surface area contributed by atoms with Gasteiger partial charge < -0.3 is 10.1 Å². The Kier molecular flexibility index (Phi) is 4.82. The van der Waals surface area contributed by atoms with Gasteiger partial charge >= 0.3 is 0 Å². The predicted octanol–water partition coefficient (Wildman–Crippen LogP) is 4.15. The van der Waals surface area contributed by atoms with Gasteiger partial charge in [-0.1, -0.05) is 29.3 Å². The summed E-state index contributed by atoms with van der Waals surface area (Å²) in [4.78, 5) is 11.7. The fraction of sp³-hybridized carbons (Fsp3) is 0.0714. The molecule has 6 heteroatoms. The normalized spacial score (nSPS) is 10.2. The van der Waals surface area contributed by atoms with E-state index >= 15 is 0 Å². The molecule has 0 atom stereocenters. The van der Waals surface area contributed by atoms with Crippen molar-refractivity contribution in [3.63, 3.8) is 0 Å². The number of halogens is 3. The van der Waals surface area contributed by atoms with Crippen molar-refractivity contribution in [1.82, 2.24) is 0 Å². The van der Waals surface area contributed by atoms with E-state index in [9.17, 15) is 9.18 Å². The van der Waals surface area contributed by atoms with Crippen molar-refractivity contribution in [2.24, 2.45) is 0 Å². The van der Waals surface area contributed by atoms with Gasteiger partial charge in [0.25, 0.3) is 5.91 Å². The van der Waals surface area contributed by atoms with Crippen LogP contribution in [0.1, 0.15) is 0 Å². The molecule has 2 aromatic carbocycles. The number of benzene rings is 2. The minimum atomic E-state index is -0.413. The molecule has 2 rings (SSSR count). The fourth-order valence-electron chi connectivity index (χ4n) is 1.47. The summed E-state index contributed by atoms with van der Waals surface area (Å²) in [7, 11) is 0. The highest BCUT2D eigenvalue weighted by molar-refractivity contribution is 6.39. The number of hydrogen-bond donors (Lipinski definition) is 1. The summed E-state index contributed by atoms with van der Waals surface area (Å²) in [6.07, 6.45) is 0. The zero-order chi connectivity index (χ0) is 14.5. The van der Waals surface area contributed by atoms with Crippen LogP contribution in [0.15, 0.2) is 42.5 Å². The number of anilines is 1. The van der Waals surface area contributed by atoms with Gasteiger partial charge in [0, 0.05) is 0 Å². The first kappa shape index (κ1) is 14.6. The smallest absolute Gasteiger partial charge is 0.262 e. The second-order valence-electron chi connectivity index (χ2n) is 3.89. The highest BCUT2D eigenvalue weighted by Crippen LogP contribution is 2.29. The van der Waals surface area contributed by atoms with E-state index in [0.717, 1.165) is 0 Å². The third-order valence-electron chi connectivity index (χ3n) is 2.41. The van der Waals surface area contributed by atoms with Gasteiger partial charge in [0.05, 0.1) is 15.7 Å². The maximum absolute atomic E-state index is 12.7. The van der Waals surface area contributed by atoms with E-state index < -0.39 is 5.91 Å². The Bertz CT molecular complexity index is 597. The standard InChI is InChI=1S/C14H10Cl2FNO2/c15-11-2-1-3-12(16)14(11)18-13(19)8-20-10-6-4-9(17)5-7-10/h1-7H,8H2,(H,18,19). The van der Waals surface area contributed by atoms with E-state index in [4.69, 9.17) is 27.9 Å². The maximum atomic E-state index is 12.7. The SMILES string of the molecule is O=C(COc1ccc(F)cc1)Nc1c(Cl)cccc1Cl. The fourth-order valence-corrected chi connectivity index (χ4v) is 1.96. The molecule has 0 aliphatic carbocycles. The third-order valence-corrected chi connectivity index (χ3v) is 3.04. The van der Waals surface area contributed by atoms with Crippen molar-refractivity contribution in [1.29, 1.82) is 0 Å². The van der Waals surface area contributed by atoms with Crippen LogP contribution >= 0.6 is 23.2 Å². The molecule has 1 N–H and O–H groups in total. The average Bonchev–Trinajstić information content (AvgIpc) is 2.42. The van der Waals surface area contributed by atoms with Gasteiger partial charge in [-0.05, 0) is 36.4 Å². The first-order chi connectivity index (χ1) is 9.56. The van der Waals surface area contributed by atoms with Gasteiger partial charge in [-0.2, -0.15) is 0 Å². The Balaban J connectivity index is 1.94. The molecule has 0 radical (unpaired) electrons. The van der Waals surface area contributed by atoms with Crippen LogP contribution in [0.5, 0.6) is 5.75 Å². The number of carbonyl (C=O) groups excluding carboxylic acids is 1. The zero-order valence-corrected chi connectivity index (χ0v) is 11.7. The van der Waals surface area contributed by atoms with Gasteiger partial charge in [-0.25, -0.2) is 4.39 Å². The molecule has 104 valence electrons. The zero-order valence-electron chi connectivity index (χ0n) is 10.2. The van der Waals surface area contributed by atoms with Crippen LogP contribution in [-0.4, -0.2) is 12.5 Å². The lowest BCUT2D eigenvalue weighted by Crippen LogP contribution is -2.20. The molecule has 1 amide bonds. The van der Waals surface area contributed by atoms with Crippen LogP contribution in [0.4, 0.5) is 10.1 Å². The number of para-hydroxylation sites is 1. The van der Waals surface area contributed by atoms with Crippen LogP contribution in [0.2, 0.25) is 10.0 Å². The molecule has 0 unspecified atom stereocenters. The lowest BCUT2D eigenvalue weighted by atomic mass is 10.3. The Hall–Kier alpha value is -1.78. The van der Waals surface area contributed by atoms with Crippen LogP contribution < -0.4 is 10.1 Å². The first-order valence-electron chi connectivity index (χ1n) is 5.68. The molecule has 0 aliphatic rings. The number of ether oxygens (including phenoxy) is 1.